The van der Waals surface area contributed by atoms with Crippen molar-refractivity contribution in [3.05, 3.63) is 83.6 Å². The Balaban J connectivity index is 1.57. The summed E-state index contributed by atoms with van der Waals surface area (Å²) in [7, 11) is 0. The number of aromatic nitrogens is 1. The number of hydrogen-bond donors (Lipinski definition) is 1. The molecule has 1 N–H and O–H groups in total. The lowest BCUT2D eigenvalue weighted by Crippen LogP contribution is -2.40. The van der Waals surface area contributed by atoms with Gasteiger partial charge in [0.2, 0.25) is 0 Å². The fourth-order valence-corrected chi connectivity index (χ4v) is 3.73. The number of hydrogen-bond acceptors (Lipinski definition) is 5. The summed E-state index contributed by atoms with van der Waals surface area (Å²) in [6.45, 7) is 6.59. The van der Waals surface area contributed by atoms with E-state index in [1.807, 2.05) is 87.5 Å². The van der Waals surface area contributed by atoms with E-state index in [1.165, 1.54) is 0 Å². The molecule has 0 fully saturated rings. The van der Waals surface area contributed by atoms with Crippen LogP contribution in [0.1, 0.15) is 37.6 Å². The summed E-state index contributed by atoms with van der Waals surface area (Å²) in [5.41, 5.74) is 4.20. The fraction of sp³-hybridized carbons (Fsp3) is 0.296. The number of nitrogens with one attached hydrogen (secondary N) is 1. The monoisotopic (exact) mass is 459 g/mol. The van der Waals surface area contributed by atoms with E-state index >= 15 is 0 Å². The Morgan fingerprint density at radius 3 is 2.38 bits per heavy atom. The SMILES string of the molecule is CC(C)(C)OC(=O)N1CCc2nc(-c3ccccc3)c(NC(=O)OCc3ccccc3)cc2C1. The lowest BCUT2D eigenvalue weighted by Gasteiger charge is -2.31. The fourth-order valence-electron chi connectivity index (χ4n) is 3.73. The zero-order chi connectivity index (χ0) is 24.1. The largest absolute Gasteiger partial charge is 0.444 e. The lowest BCUT2D eigenvalue weighted by molar-refractivity contribution is 0.0222. The van der Waals surface area contributed by atoms with Gasteiger partial charge in [-0.1, -0.05) is 60.7 Å². The number of anilines is 1. The van der Waals surface area contributed by atoms with Crippen LogP contribution in [-0.2, 0) is 29.0 Å². The molecule has 0 unspecified atom stereocenters. The Bertz CT molecular complexity index is 1160. The highest BCUT2D eigenvalue weighted by molar-refractivity contribution is 5.90. The standard InChI is InChI=1S/C27H29N3O4/c1-27(2,3)34-26(32)30-15-14-22-21(17-30)16-23(24(28-22)20-12-8-5-9-13-20)29-25(31)33-18-19-10-6-4-7-11-19/h4-13,16H,14-15,17-18H2,1-3H3,(H,29,31). The van der Waals surface area contributed by atoms with Gasteiger partial charge >= 0.3 is 12.2 Å². The normalized spacial score (nSPS) is 13.1. The van der Waals surface area contributed by atoms with Gasteiger partial charge in [0.15, 0.2) is 0 Å². The van der Waals surface area contributed by atoms with Crippen molar-refractivity contribution in [3.63, 3.8) is 0 Å². The summed E-state index contributed by atoms with van der Waals surface area (Å²) in [4.78, 5) is 31.7. The minimum atomic E-state index is -0.567. The number of ether oxygens (including phenoxy) is 2. The van der Waals surface area contributed by atoms with Gasteiger partial charge in [0, 0.05) is 24.2 Å². The summed E-state index contributed by atoms with van der Waals surface area (Å²) in [5, 5.41) is 2.85. The lowest BCUT2D eigenvalue weighted by atomic mass is 10.0. The highest BCUT2D eigenvalue weighted by Gasteiger charge is 2.27. The molecule has 0 radical (unpaired) electrons. The van der Waals surface area contributed by atoms with Crippen LogP contribution >= 0.6 is 0 Å². The first-order valence-electron chi connectivity index (χ1n) is 11.3. The van der Waals surface area contributed by atoms with Gasteiger partial charge in [-0.3, -0.25) is 10.3 Å². The zero-order valence-corrected chi connectivity index (χ0v) is 19.7. The molecule has 2 heterocycles. The predicted octanol–water partition coefficient (Wildman–Crippen LogP) is 5.79. The molecule has 4 rings (SSSR count). The van der Waals surface area contributed by atoms with Crippen LogP contribution in [0.5, 0.6) is 0 Å². The topological polar surface area (TPSA) is 80.8 Å². The Hall–Kier alpha value is -3.87. The van der Waals surface area contributed by atoms with E-state index in [0.717, 1.165) is 22.4 Å². The summed E-state index contributed by atoms with van der Waals surface area (Å²) >= 11 is 0. The minimum Gasteiger partial charge on any atom is -0.444 e. The zero-order valence-electron chi connectivity index (χ0n) is 19.7. The minimum absolute atomic E-state index is 0.165. The molecule has 3 aromatic rings. The third-order valence-electron chi connectivity index (χ3n) is 5.32. The van der Waals surface area contributed by atoms with Crippen molar-refractivity contribution in [3.8, 4) is 11.3 Å². The van der Waals surface area contributed by atoms with Gasteiger partial charge in [0.25, 0.3) is 0 Å². The summed E-state index contributed by atoms with van der Waals surface area (Å²) < 4.78 is 10.9. The third kappa shape index (κ3) is 5.92. The molecule has 0 saturated heterocycles. The van der Waals surface area contributed by atoms with E-state index in [2.05, 4.69) is 5.32 Å². The van der Waals surface area contributed by atoms with Crippen molar-refractivity contribution in [2.75, 3.05) is 11.9 Å². The van der Waals surface area contributed by atoms with Crippen LogP contribution in [0.25, 0.3) is 11.3 Å². The van der Waals surface area contributed by atoms with Crippen LogP contribution in [-0.4, -0.2) is 34.2 Å². The van der Waals surface area contributed by atoms with E-state index in [0.29, 0.717) is 30.9 Å². The maximum absolute atomic E-state index is 12.6. The number of benzene rings is 2. The number of carbonyl (C=O) groups is 2. The Morgan fingerprint density at radius 1 is 1.03 bits per heavy atom. The summed E-state index contributed by atoms with van der Waals surface area (Å²) in [5.74, 6) is 0. The molecular weight excluding hydrogens is 430 g/mol. The molecule has 2 aromatic carbocycles. The van der Waals surface area contributed by atoms with Crippen LogP contribution in [0.3, 0.4) is 0 Å². The van der Waals surface area contributed by atoms with Crippen molar-refractivity contribution in [2.24, 2.45) is 0 Å². The smallest absolute Gasteiger partial charge is 0.412 e. The number of fused-ring (bicyclic) bond motifs is 1. The molecule has 1 aliphatic heterocycles. The summed E-state index contributed by atoms with van der Waals surface area (Å²) in [6.07, 6.45) is -0.322. The second kappa shape index (κ2) is 9.95. The Kier molecular flexibility index (Phi) is 6.82. The molecular formula is C27H29N3O4. The number of nitrogens with zero attached hydrogens (tertiary/aromatic N) is 2. The van der Waals surface area contributed by atoms with Gasteiger partial charge in [0.05, 0.1) is 17.9 Å². The quantitative estimate of drug-likeness (QED) is 0.534. The molecule has 7 heteroatoms. The van der Waals surface area contributed by atoms with Gasteiger partial charge < -0.3 is 14.4 Å². The second-order valence-electron chi connectivity index (χ2n) is 9.20. The van der Waals surface area contributed by atoms with Crippen molar-refractivity contribution in [2.45, 2.75) is 45.9 Å². The molecule has 0 saturated carbocycles. The Morgan fingerprint density at radius 2 is 1.71 bits per heavy atom. The number of carbonyl (C=O) groups excluding carboxylic acids is 2. The molecule has 0 aliphatic carbocycles. The van der Waals surface area contributed by atoms with E-state index in [4.69, 9.17) is 14.5 Å². The highest BCUT2D eigenvalue weighted by Crippen LogP contribution is 2.31. The molecule has 2 amide bonds. The third-order valence-corrected chi connectivity index (χ3v) is 5.32. The number of pyridine rings is 1. The van der Waals surface area contributed by atoms with Crippen molar-refractivity contribution >= 4 is 17.9 Å². The Labute approximate surface area is 199 Å². The first-order chi connectivity index (χ1) is 16.3. The second-order valence-corrected chi connectivity index (χ2v) is 9.20. The first kappa shape index (κ1) is 23.3. The molecule has 0 spiro atoms. The molecule has 1 aromatic heterocycles. The molecule has 0 bridgehead atoms. The highest BCUT2D eigenvalue weighted by atomic mass is 16.6. The van der Waals surface area contributed by atoms with Gasteiger partial charge in [-0.25, -0.2) is 9.59 Å². The predicted molar refractivity (Wildman–Crippen MR) is 130 cm³/mol. The first-order valence-corrected chi connectivity index (χ1v) is 11.3. The van der Waals surface area contributed by atoms with Crippen LogP contribution in [0.4, 0.5) is 15.3 Å². The van der Waals surface area contributed by atoms with Gasteiger partial charge in [-0.2, -0.15) is 0 Å². The van der Waals surface area contributed by atoms with E-state index in [-0.39, 0.29) is 12.7 Å². The van der Waals surface area contributed by atoms with Crippen LogP contribution in [0, 0.1) is 0 Å². The van der Waals surface area contributed by atoms with Crippen LogP contribution < -0.4 is 5.32 Å². The molecule has 7 nitrogen and oxygen atoms in total. The van der Waals surface area contributed by atoms with Crippen molar-refractivity contribution in [1.82, 2.24) is 9.88 Å². The maximum atomic E-state index is 12.6. The van der Waals surface area contributed by atoms with E-state index < -0.39 is 11.7 Å². The van der Waals surface area contributed by atoms with Gasteiger partial charge in [-0.15, -0.1) is 0 Å². The number of rotatable bonds is 4. The van der Waals surface area contributed by atoms with Crippen LogP contribution in [0.15, 0.2) is 66.7 Å². The molecule has 34 heavy (non-hydrogen) atoms. The van der Waals surface area contributed by atoms with Crippen LogP contribution in [0.2, 0.25) is 0 Å². The van der Waals surface area contributed by atoms with Gasteiger partial charge in [0.1, 0.15) is 12.2 Å². The van der Waals surface area contributed by atoms with Crippen molar-refractivity contribution < 1.29 is 19.1 Å². The molecule has 176 valence electrons. The summed E-state index contributed by atoms with van der Waals surface area (Å²) in [6, 6.07) is 21.1. The van der Waals surface area contributed by atoms with Crippen molar-refractivity contribution in [1.29, 1.82) is 0 Å². The van der Waals surface area contributed by atoms with E-state index in [9.17, 15) is 9.59 Å². The average molecular weight is 460 g/mol. The molecule has 0 atom stereocenters. The average Bonchev–Trinajstić information content (AvgIpc) is 2.82. The maximum Gasteiger partial charge on any atom is 0.412 e. The van der Waals surface area contributed by atoms with E-state index in [1.54, 1.807) is 4.90 Å². The molecule has 1 aliphatic rings. The van der Waals surface area contributed by atoms with Gasteiger partial charge in [-0.05, 0) is 38.0 Å². The number of amides is 2.